The minimum absolute atomic E-state index is 0.0395. The Morgan fingerprint density at radius 1 is 0.921 bits per heavy atom. The SMILES string of the molecule is COc1ccc(-n2nc(C(F)(F)F)c3c2C(=O)N(c2ccc(C4(CN5CCCC5)CCC4)cc2)CC3)cc1. The first-order valence-corrected chi connectivity index (χ1v) is 13.3. The van der Waals surface area contributed by atoms with E-state index >= 15 is 0 Å². The number of alkyl halides is 3. The second-order valence-corrected chi connectivity index (χ2v) is 10.7. The third-order valence-corrected chi connectivity index (χ3v) is 8.43. The summed E-state index contributed by atoms with van der Waals surface area (Å²) in [6, 6.07) is 14.6. The van der Waals surface area contributed by atoms with Crippen LogP contribution in [0, 0.1) is 0 Å². The molecule has 9 heteroatoms. The number of hydrogen-bond acceptors (Lipinski definition) is 4. The van der Waals surface area contributed by atoms with E-state index in [0.717, 1.165) is 37.2 Å². The van der Waals surface area contributed by atoms with Crippen molar-refractivity contribution < 1.29 is 22.7 Å². The highest BCUT2D eigenvalue weighted by molar-refractivity contribution is 6.07. The van der Waals surface area contributed by atoms with Gasteiger partial charge in [0.15, 0.2) is 5.69 Å². The number of carbonyl (C=O) groups excluding carboxylic acids is 1. The minimum Gasteiger partial charge on any atom is -0.497 e. The molecule has 0 radical (unpaired) electrons. The fourth-order valence-corrected chi connectivity index (χ4v) is 6.25. The summed E-state index contributed by atoms with van der Waals surface area (Å²) in [4.78, 5) is 17.8. The molecule has 0 spiro atoms. The summed E-state index contributed by atoms with van der Waals surface area (Å²) < 4.78 is 48.0. The van der Waals surface area contributed by atoms with Crippen LogP contribution in [-0.2, 0) is 18.0 Å². The van der Waals surface area contributed by atoms with Crippen LogP contribution in [0.15, 0.2) is 48.5 Å². The second-order valence-electron chi connectivity index (χ2n) is 10.7. The highest BCUT2D eigenvalue weighted by atomic mass is 19.4. The molecule has 6 rings (SSSR count). The van der Waals surface area contributed by atoms with Crippen LogP contribution < -0.4 is 9.64 Å². The molecule has 1 amide bonds. The molecule has 6 nitrogen and oxygen atoms in total. The maximum atomic E-state index is 13.9. The lowest BCUT2D eigenvalue weighted by molar-refractivity contribution is -0.141. The van der Waals surface area contributed by atoms with E-state index < -0.39 is 17.8 Å². The van der Waals surface area contributed by atoms with Crippen LogP contribution in [0.2, 0.25) is 0 Å². The molecular weight excluding hydrogens is 493 g/mol. The summed E-state index contributed by atoms with van der Waals surface area (Å²) in [6.45, 7) is 3.56. The maximum Gasteiger partial charge on any atom is 0.435 e. The Balaban J connectivity index is 1.31. The zero-order valence-electron chi connectivity index (χ0n) is 21.4. The lowest BCUT2D eigenvalue weighted by Crippen LogP contribution is -2.45. The molecule has 2 aliphatic heterocycles. The Hall–Kier alpha value is -3.33. The summed E-state index contributed by atoms with van der Waals surface area (Å²) in [5.74, 6) is 0.0843. The molecule has 3 heterocycles. The number of amides is 1. The third kappa shape index (κ3) is 4.26. The topological polar surface area (TPSA) is 50.6 Å². The first-order chi connectivity index (χ1) is 18.3. The Morgan fingerprint density at radius 3 is 2.16 bits per heavy atom. The lowest BCUT2D eigenvalue weighted by Gasteiger charge is -2.45. The molecule has 0 bridgehead atoms. The van der Waals surface area contributed by atoms with Crippen LogP contribution in [0.5, 0.6) is 5.75 Å². The summed E-state index contributed by atoms with van der Waals surface area (Å²) in [6.07, 6.45) is 1.49. The van der Waals surface area contributed by atoms with Gasteiger partial charge in [0, 0.05) is 29.8 Å². The van der Waals surface area contributed by atoms with E-state index in [1.807, 2.05) is 12.1 Å². The van der Waals surface area contributed by atoms with Crippen LogP contribution in [0.4, 0.5) is 18.9 Å². The number of nitrogens with zero attached hydrogens (tertiary/aromatic N) is 4. The average molecular weight is 525 g/mol. The Bertz CT molecular complexity index is 1320. The van der Waals surface area contributed by atoms with Crippen molar-refractivity contribution in [3.63, 3.8) is 0 Å². The lowest BCUT2D eigenvalue weighted by atomic mass is 9.64. The van der Waals surface area contributed by atoms with E-state index in [1.165, 1.54) is 31.9 Å². The van der Waals surface area contributed by atoms with Gasteiger partial charge in [-0.05, 0) is 87.2 Å². The van der Waals surface area contributed by atoms with Crippen LogP contribution >= 0.6 is 0 Å². The summed E-state index contributed by atoms with van der Waals surface area (Å²) in [5, 5.41) is 3.88. The van der Waals surface area contributed by atoms with Crippen LogP contribution in [0.3, 0.4) is 0 Å². The number of hydrogen-bond donors (Lipinski definition) is 0. The number of anilines is 1. The standard InChI is InChI=1S/C29H31F3N4O2/c1-38-23-11-9-22(10-12-23)36-25-24(26(33-36)29(30,31)32)13-18-35(27(25)37)21-7-5-20(6-8-21)28(14-4-15-28)19-34-16-2-3-17-34/h5-12H,2-4,13-19H2,1H3. The number of halogens is 3. The van der Waals surface area contributed by atoms with E-state index in [9.17, 15) is 18.0 Å². The van der Waals surface area contributed by atoms with Crippen molar-refractivity contribution in [1.82, 2.24) is 14.7 Å². The van der Waals surface area contributed by atoms with Gasteiger partial charge < -0.3 is 14.5 Å². The molecule has 2 aromatic carbocycles. The summed E-state index contributed by atoms with van der Waals surface area (Å²) in [7, 11) is 1.51. The zero-order chi connectivity index (χ0) is 26.5. The highest BCUT2D eigenvalue weighted by Crippen LogP contribution is 2.45. The third-order valence-electron chi connectivity index (χ3n) is 8.43. The van der Waals surface area contributed by atoms with Gasteiger partial charge in [-0.3, -0.25) is 4.79 Å². The molecule has 1 saturated heterocycles. The monoisotopic (exact) mass is 524 g/mol. The van der Waals surface area contributed by atoms with Crippen LogP contribution in [-0.4, -0.2) is 53.9 Å². The number of methoxy groups -OCH3 is 1. The van der Waals surface area contributed by atoms with Gasteiger partial charge in [-0.2, -0.15) is 18.3 Å². The first-order valence-electron chi connectivity index (χ1n) is 13.3. The summed E-state index contributed by atoms with van der Waals surface area (Å²) in [5.41, 5.74) is 1.42. The summed E-state index contributed by atoms with van der Waals surface area (Å²) >= 11 is 0. The van der Waals surface area contributed by atoms with E-state index in [-0.39, 0.29) is 29.6 Å². The molecule has 2 fully saturated rings. The molecule has 1 saturated carbocycles. The van der Waals surface area contributed by atoms with Crippen molar-refractivity contribution in [3.8, 4) is 11.4 Å². The number of rotatable bonds is 6. The van der Waals surface area contributed by atoms with Gasteiger partial charge in [0.2, 0.25) is 0 Å². The van der Waals surface area contributed by atoms with Crippen molar-refractivity contribution in [2.24, 2.45) is 0 Å². The molecule has 1 aromatic heterocycles. The maximum absolute atomic E-state index is 13.9. The van der Waals surface area contributed by atoms with Gasteiger partial charge in [0.05, 0.1) is 12.8 Å². The predicted molar refractivity (Wildman–Crippen MR) is 138 cm³/mol. The zero-order valence-corrected chi connectivity index (χ0v) is 21.4. The van der Waals surface area contributed by atoms with Gasteiger partial charge >= 0.3 is 6.18 Å². The fraction of sp³-hybridized carbons (Fsp3) is 0.448. The average Bonchev–Trinajstić information content (AvgIpc) is 3.55. The predicted octanol–water partition coefficient (Wildman–Crippen LogP) is 5.62. The van der Waals surface area contributed by atoms with Gasteiger partial charge in [0.1, 0.15) is 11.4 Å². The Morgan fingerprint density at radius 2 is 1.58 bits per heavy atom. The molecule has 3 aromatic rings. The fourth-order valence-electron chi connectivity index (χ4n) is 6.25. The van der Waals surface area contributed by atoms with Crippen LogP contribution in [0.1, 0.15) is 59.4 Å². The van der Waals surface area contributed by atoms with E-state index in [2.05, 4.69) is 22.1 Å². The molecule has 3 aliphatic rings. The molecule has 200 valence electrons. The minimum atomic E-state index is -4.65. The van der Waals surface area contributed by atoms with E-state index in [4.69, 9.17) is 4.74 Å². The van der Waals surface area contributed by atoms with E-state index in [1.54, 1.807) is 29.2 Å². The number of ether oxygens (including phenoxy) is 1. The molecule has 0 atom stereocenters. The van der Waals surface area contributed by atoms with Crippen molar-refractivity contribution in [2.45, 2.75) is 50.1 Å². The molecule has 38 heavy (non-hydrogen) atoms. The molecule has 0 unspecified atom stereocenters. The Labute approximate surface area is 220 Å². The first kappa shape index (κ1) is 25.0. The van der Waals surface area contributed by atoms with Crippen molar-refractivity contribution in [2.75, 3.05) is 38.2 Å². The largest absolute Gasteiger partial charge is 0.497 e. The van der Waals surface area contributed by atoms with Crippen LogP contribution in [0.25, 0.3) is 5.69 Å². The second kappa shape index (κ2) is 9.45. The normalized spacial score (nSPS) is 19.4. The van der Waals surface area contributed by atoms with Gasteiger partial charge in [-0.15, -0.1) is 0 Å². The molecular formula is C29H31F3N4O2. The molecule has 0 N–H and O–H groups in total. The van der Waals surface area contributed by atoms with Gasteiger partial charge in [-0.1, -0.05) is 18.6 Å². The smallest absolute Gasteiger partial charge is 0.435 e. The number of aromatic nitrogens is 2. The van der Waals surface area contributed by atoms with Crippen molar-refractivity contribution in [1.29, 1.82) is 0 Å². The number of carbonyl (C=O) groups is 1. The number of likely N-dealkylation sites (tertiary alicyclic amines) is 1. The van der Waals surface area contributed by atoms with Crippen molar-refractivity contribution in [3.05, 3.63) is 71.0 Å². The number of benzene rings is 2. The highest BCUT2D eigenvalue weighted by Gasteiger charge is 2.44. The Kier molecular flexibility index (Phi) is 6.21. The molecule has 1 aliphatic carbocycles. The number of fused-ring (bicyclic) bond motifs is 1. The van der Waals surface area contributed by atoms with Gasteiger partial charge in [-0.25, -0.2) is 4.68 Å². The van der Waals surface area contributed by atoms with Gasteiger partial charge in [0.25, 0.3) is 5.91 Å². The van der Waals surface area contributed by atoms with Crippen molar-refractivity contribution >= 4 is 11.6 Å². The quantitative estimate of drug-likeness (QED) is 0.420. The van der Waals surface area contributed by atoms with E-state index in [0.29, 0.717) is 17.1 Å².